The van der Waals surface area contributed by atoms with Gasteiger partial charge in [-0.3, -0.25) is 4.79 Å². The van der Waals surface area contributed by atoms with Crippen molar-refractivity contribution in [2.75, 3.05) is 6.61 Å². The van der Waals surface area contributed by atoms with Gasteiger partial charge in [0.15, 0.2) is 0 Å². The van der Waals surface area contributed by atoms with Crippen molar-refractivity contribution in [3.05, 3.63) is 29.8 Å². The summed E-state index contributed by atoms with van der Waals surface area (Å²) in [6.45, 7) is 2.08. The van der Waals surface area contributed by atoms with Gasteiger partial charge in [0.25, 0.3) is 0 Å². The van der Waals surface area contributed by atoms with E-state index in [1.54, 1.807) is 6.92 Å². The van der Waals surface area contributed by atoms with E-state index in [-0.39, 0.29) is 18.1 Å². The number of rotatable bonds is 6. The Kier molecular flexibility index (Phi) is 4.89. The average molecular weight is 228 g/mol. The topological polar surface area (TPSA) is 26.3 Å². The summed E-state index contributed by atoms with van der Waals surface area (Å²) < 4.78 is 30.6. The van der Waals surface area contributed by atoms with Gasteiger partial charge in [-0.25, -0.2) is 8.78 Å². The van der Waals surface area contributed by atoms with Crippen LogP contribution in [0.4, 0.5) is 8.78 Å². The summed E-state index contributed by atoms with van der Waals surface area (Å²) in [5.41, 5.74) is 0. The van der Waals surface area contributed by atoms with Crippen molar-refractivity contribution in [1.29, 1.82) is 0 Å². The van der Waals surface area contributed by atoms with Crippen LogP contribution in [0.25, 0.3) is 0 Å². The number of carbonyl (C=O) groups excluding carboxylic acids is 1. The van der Waals surface area contributed by atoms with Crippen molar-refractivity contribution in [2.45, 2.75) is 26.2 Å². The third kappa shape index (κ3) is 4.38. The summed E-state index contributed by atoms with van der Waals surface area (Å²) in [4.78, 5) is 11.0. The minimum atomic E-state index is -0.667. The first-order valence-corrected chi connectivity index (χ1v) is 5.22. The van der Waals surface area contributed by atoms with Crippen molar-refractivity contribution in [3.63, 3.8) is 0 Å². The van der Waals surface area contributed by atoms with Crippen LogP contribution in [0, 0.1) is 11.6 Å². The maximum Gasteiger partial charge on any atom is 0.132 e. The Morgan fingerprint density at radius 1 is 1.25 bits per heavy atom. The van der Waals surface area contributed by atoms with Crippen LogP contribution in [0.1, 0.15) is 26.2 Å². The summed E-state index contributed by atoms with van der Waals surface area (Å²) in [5, 5.41) is 0. The predicted octanol–water partition coefficient (Wildman–Crippen LogP) is 3.10. The molecule has 0 aliphatic carbocycles. The standard InChI is InChI=1S/C12H14F2O2/c1-2-11(15)4-3-5-16-12-7-9(13)6-10(14)8-12/h6-8H,2-5H2,1H3. The molecule has 0 aromatic heterocycles. The molecule has 0 heterocycles. The third-order valence-corrected chi connectivity index (χ3v) is 2.10. The highest BCUT2D eigenvalue weighted by Gasteiger charge is 2.02. The van der Waals surface area contributed by atoms with E-state index < -0.39 is 11.6 Å². The van der Waals surface area contributed by atoms with E-state index in [0.717, 1.165) is 18.2 Å². The van der Waals surface area contributed by atoms with E-state index in [2.05, 4.69) is 0 Å². The molecule has 0 atom stereocenters. The molecule has 0 saturated heterocycles. The van der Waals surface area contributed by atoms with E-state index in [0.29, 0.717) is 19.3 Å². The second-order valence-corrected chi connectivity index (χ2v) is 3.45. The Morgan fingerprint density at radius 3 is 2.44 bits per heavy atom. The Morgan fingerprint density at radius 2 is 1.88 bits per heavy atom. The zero-order valence-electron chi connectivity index (χ0n) is 9.13. The predicted molar refractivity (Wildman–Crippen MR) is 56.4 cm³/mol. The van der Waals surface area contributed by atoms with Crippen molar-refractivity contribution in [1.82, 2.24) is 0 Å². The SMILES string of the molecule is CCC(=O)CCCOc1cc(F)cc(F)c1. The van der Waals surface area contributed by atoms with Gasteiger partial charge in [-0.05, 0) is 6.42 Å². The summed E-state index contributed by atoms with van der Waals surface area (Å²) >= 11 is 0. The number of hydrogen-bond donors (Lipinski definition) is 0. The van der Waals surface area contributed by atoms with E-state index >= 15 is 0 Å². The summed E-state index contributed by atoms with van der Waals surface area (Å²) in [6.07, 6.45) is 1.51. The zero-order chi connectivity index (χ0) is 12.0. The molecule has 0 aliphatic heterocycles. The van der Waals surface area contributed by atoms with Crippen molar-refractivity contribution in [3.8, 4) is 5.75 Å². The molecule has 0 unspecified atom stereocenters. The zero-order valence-corrected chi connectivity index (χ0v) is 9.13. The Bertz CT molecular complexity index is 344. The average Bonchev–Trinajstić information content (AvgIpc) is 2.22. The largest absolute Gasteiger partial charge is 0.493 e. The Hall–Kier alpha value is -1.45. The van der Waals surface area contributed by atoms with Crippen LogP contribution >= 0.6 is 0 Å². The molecule has 1 rings (SSSR count). The van der Waals surface area contributed by atoms with Crippen LogP contribution in [0.2, 0.25) is 0 Å². The molecule has 16 heavy (non-hydrogen) atoms. The van der Waals surface area contributed by atoms with Gasteiger partial charge in [-0.1, -0.05) is 6.92 Å². The normalized spacial score (nSPS) is 10.2. The molecule has 0 saturated carbocycles. The van der Waals surface area contributed by atoms with Crippen molar-refractivity contribution < 1.29 is 18.3 Å². The number of hydrogen-bond acceptors (Lipinski definition) is 2. The van der Waals surface area contributed by atoms with Gasteiger partial charge in [0.1, 0.15) is 23.2 Å². The molecule has 1 aromatic carbocycles. The van der Waals surface area contributed by atoms with Gasteiger partial charge in [0.2, 0.25) is 0 Å². The summed E-state index contributed by atoms with van der Waals surface area (Å²) in [5.74, 6) is -1.02. The number of halogens is 2. The lowest BCUT2D eigenvalue weighted by atomic mass is 10.2. The van der Waals surface area contributed by atoms with Crippen LogP contribution < -0.4 is 4.74 Å². The molecular formula is C12H14F2O2. The van der Waals surface area contributed by atoms with Crippen LogP contribution in [-0.4, -0.2) is 12.4 Å². The molecule has 1 aromatic rings. The van der Waals surface area contributed by atoms with Gasteiger partial charge < -0.3 is 4.74 Å². The van der Waals surface area contributed by atoms with Gasteiger partial charge in [-0.2, -0.15) is 0 Å². The second kappa shape index (κ2) is 6.20. The molecule has 2 nitrogen and oxygen atoms in total. The molecule has 0 spiro atoms. The van der Waals surface area contributed by atoms with Gasteiger partial charge in [-0.15, -0.1) is 0 Å². The molecule has 0 bridgehead atoms. The smallest absolute Gasteiger partial charge is 0.132 e. The van der Waals surface area contributed by atoms with Crippen LogP contribution in [-0.2, 0) is 4.79 Å². The molecule has 0 fully saturated rings. The maximum absolute atomic E-state index is 12.7. The second-order valence-electron chi connectivity index (χ2n) is 3.45. The lowest BCUT2D eigenvalue weighted by molar-refractivity contribution is -0.118. The molecule has 0 aliphatic rings. The molecule has 4 heteroatoms. The minimum Gasteiger partial charge on any atom is -0.493 e. The van der Waals surface area contributed by atoms with Gasteiger partial charge >= 0.3 is 0 Å². The first-order valence-electron chi connectivity index (χ1n) is 5.22. The fraction of sp³-hybridized carbons (Fsp3) is 0.417. The lowest BCUT2D eigenvalue weighted by Gasteiger charge is -2.05. The highest BCUT2D eigenvalue weighted by Crippen LogP contribution is 2.15. The van der Waals surface area contributed by atoms with Crippen molar-refractivity contribution >= 4 is 5.78 Å². The molecule has 0 amide bonds. The van der Waals surface area contributed by atoms with Crippen LogP contribution in [0.5, 0.6) is 5.75 Å². The van der Waals surface area contributed by atoms with E-state index in [1.165, 1.54) is 0 Å². The molecule has 88 valence electrons. The van der Waals surface area contributed by atoms with E-state index in [9.17, 15) is 13.6 Å². The number of ketones is 1. The first-order chi connectivity index (χ1) is 7.61. The van der Waals surface area contributed by atoms with E-state index in [1.807, 2.05) is 0 Å². The van der Waals surface area contributed by atoms with E-state index in [4.69, 9.17) is 4.74 Å². The Labute approximate surface area is 93.2 Å². The summed E-state index contributed by atoms with van der Waals surface area (Å²) in [6, 6.07) is 3.02. The monoisotopic (exact) mass is 228 g/mol. The first kappa shape index (κ1) is 12.6. The number of benzene rings is 1. The van der Waals surface area contributed by atoms with Crippen LogP contribution in [0.15, 0.2) is 18.2 Å². The summed E-state index contributed by atoms with van der Waals surface area (Å²) in [7, 11) is 0. The Balaban J connectivity index is 2.34. The van der Waals surface area contributed by atoms with Gasteiger partial charge in [0, 0.05) is 31.0 Å². The van der Waals surface area contributed by atoms with Gasteiger partial charge in [0.05, 0.1) is 6.61 Å². The quantitative estimate of drug-likeness (QED) is 0.699. The minimum absolute atomic E-state index is 0.154. The molecule has 0 N–H and O–H groups in total. The lowest BCUT2D eigenvalue weighted by Crippen LogP contribution is -2.02. The molecular weight excluding hydrogens is 214 g/mol. The number of Topliss-reactive ketones (excluding diaryl/α,β-unsaturated/α-hetero) is 1. The number of ether oxygens (including phenoxy) is 1. The fourth-order valence-corrected chi connectivity index (χ4v) is 1.25. The molecule has 0 radical (unpaired) electrons. The maximum atomic E-state index is 12.7. The van der Waals surface area contributed by atoms with Crippen molar-refractivity contribution in [2.24, 2.45) is 0 Å². The highest BCUT2D eigenvalue weighted by atomic mass is 19.1. The number of carbonyl (C=O) groups is 1. The van der Waals surface area contributed by atoms with Crippen LogP contribution in [0.3, 0.4) is 0 Å². The third-order valence-electron chi connectivity index (χ3n) is 2.10. The highest BCUT2D eigenvalue weighted by molar-refractivity contribution is 5.77. The fourth-order valence-electron chi connectivity index (χ4n) is 1.25.